The van der Waals surface area contributed by atoms with Crippen molar-refractivity contribution >= 4 is 33.2 Å². The van der Waals surface area contributed by atoms with Crippen LogP contribution in [0.1, 0.15) is 20.3 Å². The minimum Gasteiger partial charge on any atom is -0.469 e. The van der Waals surface area contributed by atoms with Gasteiger partial charge < -0.3 is 10.5 Å². The van der Waals surface area contributed by atoms with E-state index in [2.05, 4.69) is 9.46 Å². The summed E-state index contributed by atoms with van der Waals surface area (Å²) in [7, 11) is -2.31. The quantitative estimate of drug-likeness (QED) is 0.495. The van der Waals surface area contributed by atoms with Crippen molar-refractivity contribution in [2.45, 2.75) is 20.3 Å². The molecule has 0 aliphatic heterocycles. The van der Waals surface area contributed by atoms with Crippen LogP contribution in [0.15, 0.2) is 0 Å². The number of ether oxygens (including phenoxy) is 1. The van der Waals surface area contributed by atoms with E-state index in [1.54, 1.807) is 13.8 Å². The third kappa shape index (κ3) is 6.54. The Morgan fingerprint density at radius 1 is 1.47 bits per heavy atom. The number of hydrogen-bond donors (Lipinski definition) is 2. The average molecular weight is 282 g/mol. The molecule has 6 nitrogen and oxygen atoms in total. The summed E-state index contributed by atoms with van der Waals surface area (Å²) < 4.78 is 29.7. The molecule has 0 unspecified atom stereocenters. The Bertz CT molecular complexity index is 390. The van der Waals surface area contributed by atoms with E-state index in [9.17, 15) is 13.2 Å². The van der Waals surface area contributed by atoms with Gasteiger partial charge in [-0.3, -0.25) is 4.79 Å². The van der Waals surface area contributed by atoms with Crippen molar-refractivity contribution in [3.63, 3.8) is 0 Å². The Morgan fingerprint density at radius 3 is 2.41 bits per heavy atom. The maximum Gasteiger partial charge on any atom is 0.306 e. The lowest BCUT2D eigenvalue weighted by atomic mass is 9.94. The summed E-state index contributed by atoms with van der Waals surface area (Å²) in [6.07, 6.45) is -0.181. The molecule has 0 amide bonds. The zero-order valence-corrected chi connectivity index (χ0v) is 11.8. The van der Waals surface area contributed by atoms with Crippen LogP contribution in [-0.4, -0.2) is 38.8 Å². The molecule has 0 spiro atoms. The van der Waals surface area contributed by atoms with Gasteiger partial charge in [-0.15, -0.1) is 0 Å². The highest BCUT2D eigenvalue weighted by atomic mass is 32.2. The van der Waals surface area contributed by atoms with Crippen LogP contribution < -0.4 is 10.5 Å². The number of sulfonamides is 1. The van der Waals surface area contributed by atoms with E-state index < -0.39 is 21.4 Å². The molecule has 100 valence electrons. The van der Waals surface area contributed by atoms with Crippen molar-refractivity contribution in [3.05, 3.63) is 0 Å². The van der Waals surface area contributed by atoms with Gasteiger partial charge in [0.05, 0.1) is 24.3 Å². The SMILES string of the molecule is COC(=O)CCS(=O)(=O)NCC(C)(C)C(N)=S. The summed E-state index contributed by atoms with van der Waals surface area (Å²) >= 11 is 4.81. The lowest BCUT2D eigenvalue weighted by molar-refractivity contribution is -0.140. The molecule has 0 rings (SSSR count). The smallest absolute Gasteiger partial charge is 0.306 e. The molecule has 0 saturated heterocycles. The average Bonchev–Trinajstić information content (AvgIpc) is 2.23. The Morgan fingerprint density at radius 2 is 2.00 bits per heavy atom. The number of thiocarbonyl (C=S) groups is 1. The van der Waals surface area contributed by atoms with Gasteiger partial charge in [0.2, 0.25) is 10.0 Å². The molecular formula is C9H18N2O4S2. The van der Waals surface area contributed by atoms with Crippen LogP contribution in [0.5, 0.6) is 0 Å². The number of rotatable bonds is 7. The molecule has 0 aromatic carbocycles. The summed E-state index contributed by atoms with van der Waals surface area (Å²) in [5.74, 6) is -0.878. The van der Waals surface area contributed by atoms with E-state index in [1.807, 2.05) is 0 Å². The zero-order chi connectivity index (χ0) is 13.7. The van der Waals surface area contributed by atoms with Crippen molar-refractivity contribution < 1.29 is 17.9 Å². The summed E-state index contributed by atoms with van der Waals surface area (Å²) in [6.45, 7) is 3.57. The standard InChI is InChI=1S/C9H18N2O4S2/c1-9(2,8(10)16)6-11-17(13,14)5-4-7(12)15-3/h11H,4-6H2,1-3H3,(H2,10,16). The van der Waals surface area contributed by atoms with E-state index in [0.717, 1.165) is 0 Å². The maximum absolute atomic E-state index is 11.5. The molecule has 0 aromatic rings. The minimum absolute atomic E-state index is 0.103. The Hall–Kier alpha value is -0.730. The molecule has 0 aromatic heterocycles. The largest absolute Gasteiger partial charge is 0.469 e. The molecule has 0 radical (unpaired) electrons. The van der Waals surface area contributed by atoms with Gasteiger partial charge in [0, 0.05) is 12.0 Å². The van der Waals surface area contributed by atoms with Crippen LogP contribution in [-0.2, 0) is 19.6 Å². The van der Waals surface area contributed by atoms with Crippen molar-refractivity contribution in [1.82, 2.24) is 4.72 Å². The van der Waals surface area contributed by atoms with Crippen LogP contribution in [0.4, 0.5) is 0 Å². The zero-order valence-electron chi connectivity index (χ0n) is 10.1. The summed E-state index contributed by atoms with van der Waals surface area (Å²) in [5.41, 5.74) is 4.86. The number of carbonyl (C=O) groups is 1. The van der Waals surface area contributed by atoms with Crippen molar-refractivity contribution in [2.75, 3.05) is 19.4 Å². The minimum atomic E-state index is -3.52. The van der Waals surface area contributed by atoms with Crippen molar-refractivity contribution in [3.8, 4) is 0 Å². The topological polar surface area (TPSA) is 98.5 Å². The van der Waals surface area contributed by atoms with Crippen LogP contribution >= 0.6 is 12.2 Å². The molecule has 0 fully saturated rings. The van der Waals surface area contributed by atoms with E-state index in [-0.39, 0.29) is 23.7 Å². The fourth-order valence-electron chi connectivity index (χ4n) is 0.769. The fraction of sp³-hybridized carbons (Fsp3) is 0.778. The molecule has 0 atom stereocenters. The lowest BCUT2D eigenvalue weighted by Gasteiger charge is -2.23. The number of esters is 1. The third-order valence-corrected chi connectivity index (χ3v) is 4.08. The second-order valence-corrected chi connectivity index (χ2v) is 6.58. The molecule has 0 heterocycles. The second-order valence-electron chi connectivity index (χ2n) is 4.21. The first-order chi connectivity index (χ1) is 7.60. The third-order valence-electron chi connectivity index (χ3n) is 2.20. The van der Waals surface area contributed by atoms with Gasteiger partial charge in [0.25, 0.3) is 0 Å². The lowest BCUT2D eigenvalue weighted by Crippen LogP contribution is -2.42. The summed E-state index contributed by atoms with van der Waals surface area (Å²) in [4.78, 5) is 11.0. The monoisotopic (exact) mass is 282 g/mol. The van der Waals surface area contributed by atoms with Crippen molar-refractivity contribution in [2.24, 2.45) is 11.1 Å². The van der Waals surface area contributed by atoms with Gasteiger partial charge in [0.1, 0.15) is 0 Å². The number of carbonyl (C=O) groups excluding carboxylic acids is 1. The van der Waals surface area contributed by atoms with Gasteiger partial charge in [0.15, 0.2) is 0 Å². The van der Waals surface area contributed by atoms with Crippen LogP contribution in [0, 0.1) is 5.41 Å². The van der Waals surface area contributed by atoms with E-state index in [4.69, 9.17) is 18.0 Å². The molecular weight excluding hydrogens is 264 g/mol. The Balaban J connectivity index is 4.29. The predicted molar refractivity (Wildman–Crippen MR) is 69.0 cm³/mol. The molecule has 0 aliphatic rings. The Kier molecular flexibility index (Phi) is 6.00. The number of nitrogens with two attached hydrogens (primary N) is 1. The van der Waals surface area contributed by atoms with Crippen LogP contribution in [0.2, 0.25) is 0 Å². The first kappa shape index (κ1) is 16.3. The van der Waals surface area contributed by atoms with Gasteiger partial charge in [-0.25, -0.2) is 13.1 Å². The Labute approximate surface area is 107 Å². The van der Waals surface area contributed by atoms with Gasteiger partial charge >= 0.3 is 5.97 Å². The van der Waals surface area contributed by atoms with E-state index >= 15 is 0 Å². The number of hydrogen-bond acceptors (Lipinski definition) is 5. The first-order valence-electron chi connectivity index (χ1n) is 4.95. The molecule has 17 heavy (non-hydrogen) atoms. The molecule has 3 N–H and O–H groups in total. The van der Waals surface area contributed by atoms with E-state index in [0.29, 0.717) is 0 Å². The highest BCUT2D eigenvalue weighted by Crippen LogP contribution is 2.14. The first-order valence-corrected chi connectivity index (χ1v) is 7.01. The summed E-state index contributed by atoms with van der Waals surface area (Å²) in [6, 6.07) is 0. The van der Waals surface area contributed by atoms with E-state index in [1.165, 1.54) is 7.11 Å². The molecule has 0 bridgehead atoms. The van der Waals surface area contributed by atoms with Gasteiger partial charge in [-0.1, -0.05) is 26.1 Å². The van der Waals surface area contributed by atoms with Gasteiger partial charge in [-0.05, 0) is 0 Å². The van der Waals surface area contributed by atoms with Crippen LogP contribution in [0.3, 0.4) is 0 Å². The molecule has 0 saturated carbocycles. The van der Waals surface area contributed by atoms with Crippen LogP contribution in [0.25, 0.3) is 0 Å². The molecule has 0 aliphatic carbocycles. The predicted octanol–water partition coefficient (Wildman–Crippen LogP) is -0.219. The number of nitrogens with one attached hydrogen (secondary N) is 1. The fourth-order valence-corrected chi connectivity index (χ4v) is 2.00. The highest BCUT2D eigenvalue weighted by Gasteiger charge is 2.24. The summed E-state index contributed by atoms with van der Waals surface area (Å²) in [5, 5.41) is 0. The second kappa shape index (κ2) is 6.27. The van der Waals surface area contributed by atoms with Gasteiger partial charge in [-0.2, -0.15) is 0 Å². The number of methoxy groups -OCH3 is 1. The normalized spacial score (nSPS) is 12.2. The highest BCUT2D eigenvalue weighted by molar-refractivity contribution is 7.89. The molecule has 8 heteroatoms. The van der Waals surface area contributed by atoms with Crippen molar-refractivity contribution in [1.29, 1.82) is 0 Å². The maximum atomic E-state index is 11.5.